The lowest BCUT2D eigenvalue weighted by atomic mass is 10.0. The Morgan fingerprint density at radius 3 is 2.15 bits per heavy atom. The van der Waals surface area contributed by atoms with Crippen LogP contribution in [0, 0.1) is 5.82 Å². The fourth-order valence-corrected chi connectivity index (χ4v) is 6.52. The molecular weight excluding hydrogens is 641 g/mol. The third-order valence-corrected chi connectivity index (χ3v) is 9.68. The Morgan fingerprint density at radius 2 is 1.51 bits per heavy atom. The van der Waals surface area contributed by atoms with E-state index in [1.807, 2.05) is 44.2 Å². The van der Waals surface area contributed by atoms with E-state index in [0.717, 1.165) is 9.87 Å². The van der Waals surface area contributed by atoms with Crippen molar-refractivity contribution < 1.29 is 27.1 Å². The summed E-state index contributed by atoms with van der Waals surface area (Å²) >= 11 is 6.06. The molecule has 2 amide bonds. The first kappa shape index (κ1) is 35.4. The first-order valence-corrected chi connectivity index (χ1v) is 17.2. The zero-order valence-corrected chi connectivity index (χ0v) is 28.2. The number of nitrogens with zero attached hydrogens (tertiary/aromatic N) is 2. The summed E-state index contributed by atoms with van der Waals surface area (Å²) in [6.07, 6.45) is 0.826. The highest BCUT2D eigenvalue weighted by Gasteiger charge is 2.35. The number of sulfonamides is 1. The Bertz CT molecular complexity index is 1740. The zero-order valence-electron chi connectivity index (χ0n) is 26.6. The highest BCUT2D eigenvalue weighted by atomic mass is 35.5. The van der Waals surface area contributed by atoms with Crippen LogP contribution in [0.15, 0.2) is 108 Å². The number of para-hydroxylation sites is 2. The van der Waals surface area contributed by atoms with Gasteiger partial charge in [-0.15, -0.1) is 0 Å². The Labute approximate surface area is 281 Å². The molecule has 2 atom stereocenters. The molecule has 0 saturated heterocycles. The van der Waals surface area contributed by atoms with Crippen molar-refractivity contribution in [2.75, 3.05) is 17.5 Å². The summed E-state index contributed by atoms with van der Waals surface area (Å²) in [6, 6.07) is 25.9. The molecule has 11 heteroatoms. The number of rotatable bonds is 15. The third kappa shape index (κ3) is 9.33. The van der Waals surface area contributed by atoms with Crippen LogP contribution in [0.3, 0.4) is 0 Å². The highest BCUT2D eigenvalue weighted by molar-refractivity contribution is 7.92. The number of carbonyl (C=O) groups excluding carboxylic acids is 2. The minimum atomic E-state index is -4.35. The van der Waals surface area contributed by atoms with E-state index in [4.69, 9.17) is 16.3 Å². The van der Waals surface area contributed by atoms with Crippen molar-refractivity contribution in [2.24, 2.45) is 0 Å². The van der Waals surface area contributed by atoms with Gasteiger partial charge in [-0.25, -0.2) is 12.8 Å². The van der Waals surface area contributed by atoms with Gasteiger partial charge in [-0.2, -0.15) is 0 Å². The average Bonchev–Trinajstić information content (AvgIpc) is 3.07. The van der Waals surface area contributed by atoms with Crippen LogP contribution in [-0.4, -0.2) is 50.4 Å². The summed E-state index contributed by atoms with van der Waals surface area (Å²) in [4.78, 5) is 29.8. The highest BCUT2D eigenvalue weighted by Crippen LogP contribution is 2.33. The van der Waals surface area contributed by atoms with Gasteiger partial charge in [-0.05, 0) is 79.9 Å². The topological polar surface area (TPSA) is 96.0 Å². The van der Waals surface area contributed by atoms with Crippen LogP contribution in [0.5, 0.6) is 5.75 Å². The van der Waals surface area contributed by atoms with Gasteiger partial charge in [0.05, 0.1) is 17.2 Å². The molecule has 4 aromatic carbocycles. The van der Waals surface area contributed by atoms with E-state index in [2.05, 4.69) is 5.32 Å². The van der Waals surface area contributed by atoms with E-state index in [1.54, 1.807) is 31.2 Å². The van der Waals surface area contributed by atoms with Crippen LogP contribution in [-0.2, 0) is 32.6 Å². The number of ether oxygens (including phenoxy) is 1. The first-order chi connectivity index (χ1) is 22.5. The van der Waals surface area contributed by atoms with Gasteiger partial charge in [0.1, 0.15) is 24.2 Å². The van der Waals surface area contributed by atoms with Gasteiger partial charge < -0.3 is 15.0 Å². The molecule has 4 aromatic rings. The van der Waals surface area contributed by atoms with E-state index < -0.39 is 34.3 Å². The van der Waals surface area contributed by atoms with Crippen LogP contribution in [0.1, 0.15) is 38.3 Å². The predicted octanol–water partition coefficient (Wildman–Crippen LogP) is 6.63. The fourth-order valence-electron chi connectivity index (χ4n) is 4.97. The zero-order chi connectivity index (χ0) is 34.0. The Morgan fingerprint density at radius 1 is 0.872 bits per heavy atom. The molecule has 0 aliphatic heterocycles. The van der Waals surface area contributed by atoms with Gasteiger partial charge in [0, 0.05) is 24.0 Å². The van der Waals surface area contributed by atoms with Crippen molar-refractivity contribution in [2.45, 2.75) is 57.1 Å². The Balaban J connectivity index is 1.84. The van der Waals surface area contributed by atoms with Gasteiger partial charge in [0.25, 0.3) is 10.0 Å². The number of benzene rings is 4. The smallest absolute Gasteiger partial charge is 0.264 e. The van der Waals surface area contributed by atoms with Gasteiger partial charge in [0.15, 0.2) is 0 Å². The van der Waals surface area contributed by atoms with E-state index in [1.165, 1.54) is 53.4 Å². The lowest BCUT2D eigenvalue weighted by Gasteiger charge is -2.34. The van der Waals surface area contributed by atoms with Gasteiger partial charge in [-0.1, -0.05) is 73.1 Å². The van der Waals surface area contributed by atoms with Crippen LogP contribution in [0.25, 0.3) is 0 Å². The molecule has 0 aliphatic rings. The van der Waals surface area contributed by atoms with E-state index in [9.17, 15) is 22.4 Å². The lowest BCUT2D eigenvalue weighted by molar-refractivity contribution is -0.140. The van der Waals surface area contributed by atoms with Crippen molar-refractivity contribution in [3.8, 4) is 5.75 Å². The minimum Gasteiger partial charge on any atom is -0.492 e. The number of carbonyl (C=O) groups is 2. The van der Waals surface area contributed by atoms with Gasteiger partial charge in [-0.3, -0.25) is 13.9 Å². The van der Waals surface area contributed by atoms with Crippen LogP contribution in [0.2, 0.25) is 5.02 Å². The fraction of sp³-hybridized carbons (Fsp3) is 0.278. The van der Waals surface area contributed by atoms with E-state index in [0.29, 0.717) is 17.0 Å². The van der Waals surface area contributed by atoms with Crippen LogP contribution in [0.4, 0.5) is 10.1 Å². The number of anilines is 1. The Kier molecular flexibility index (Phi) is 12.4. The molecule has 0 saturated carbocycles. The number of hydrogen-bond acceptors (Lipinski definition) is 5. The number of hydrogen-bond donors (Lipinski definition) is 1. The second-order valence-corrected chi connectivity index (χ2v) is 13.3. The summed E-state index contributed by atoms with van der Waals surface area (Å²) < 4.78 is 49.2. The normalized spacial score (nSPS) is 12.5. The molecule has 8 nitrogen and oxygen atoms in total. The summed E-state index contributed by atoms with van der Waals surface area (Å²) in [5.74, 6) is -1.21. The maximum absolute atomic E-state index is 14.6. The van der Waals surface area contributed by atoms with Gasteiger partial charge in [0.2, 0.25) is 11.8 Å². The molecule has 0 aliphatic carbocycles. The molecule has 47 heavy (non-hydrogen) atoms. The largest absolute Gasteiger partial charge is 0.492 e. The molecule has 4 rings (SSSR count). The second kappa shape index (κ2) is 16.4. The van der Waals surface area contributed by atoms with E-state index >= 15 is 0 Å². The standard InChI is InChI=1S/C36H39ClFN3O5S/c1-4-26(3)39-36(43)33(23-27-11-7-6-8-12-27)40(24-28-15-19-30(38)20-16-28)35(42)25-41(32-13-9-10-14-34(32)46-5-2)47(44,45)31-21-17-29(37)18-22-31/h6-22,26,33H,4-5,23-25H2,1-3H3,(H,39,43)/t26-,33+/m1/s1. The van der Waals surface area contributed by atoms with Crippen molar-refractivity contribution in [3.63, 3.8) is 0 Å². The summed E-state index contributed by atoms with van der Waals surface area (Å²) in [6.45, 7) is 5.10. The molecule has 0 unspecified atom stereocenters. The molecule has 0 heterocycles. The summed E-state index contributed by atoms with van der Waals surface area (Å²) in [7, 11) is -4.35. The molecule has 0 fully saturated rings. The molecule has 248 valence electrons. The van der Waals surface area contributed by atoms with Crippen molar-refractivity contribution in [1.29, 1.82) is 0 Å². The SMILES string of the molecule is CCOc1ccccc1N(CC(=O)N(Cc1ccc(F)cc1)[C@@H](Cc1ccccc1)C(=O)N[C@H](C)CC)S(=O)(=O)c1ccc(Cl)cc1. The van der Waals surface area contributed by atoms with Gasteiger partial charge >= 0.3 is 0 Å². The predicted molar refractivity (Wildman–Crippen MR) is 182 cm³/mol. The van der Waals surface area contributed by atoms with Crippen molar-refractivity contribution >= 4 is 39.1 Å². The molecule has 0 spiro atoms. The number of amides is 2. The van der Waals surface area contributed by atoms with Crippen molar-refractivity contribution in [1.82, 2.24) is 10.2 Å². The molecule has 0 aromatic heterocycles. The monoisotopic (exact) mass is 679 g/mol. The maximum Gasteiger partial charge on any atom is 0.264 e. The van der Waals surface area contributed by atoms with Crippen LogP contribution >= 0.6 is 11.6 Å². The third-order valence-electron chi connectivity index (χ3n) is 7.65. The first-order valence-electron chi connectivity index (χ1n) is 15.4. The quantitative estimate of drug-likeness (QED) is 0.152. The molecule has 0 bridgehead atoms. The lowest BCUT2D eigenvalue weighted by Crippen LogP contribution is -2.54. The Hall–Kier alpha value is -4.41. The number of halogens is 2. The van der Waals surface area contributed by atoms with Crippen molar-refractivity contribution in [3.05, 3.63) is 125 Å². The molecular formula is C36H39ClFN3O5S. The van der Waals surface area contributed by atoms with E-state index in [-0.39, 0.29) is 47.9 Å². The minimum absolute atomic E-state index is 0.0769. The van der Waals surface area contributed by atoms with Crippen LogP contribution < -0.4 is 14.4 Å². The average molecular weight is 680 g/mol. The maximum atomic E-state index is 14.6. The molecule has 0 radical (unpaired) electrons. The number of nitrogens with one attached hydrogen (secondary N) is 1. The second-order valence-electron chi connectivity index (χ2n) is 11.0. The summed E-state index contributed by atoms with van der Waals surface area (Å²) in [5, 5.41) is 3.35. The summed E-state index contributed by atoms with van der Waals surface area (Å²) in [5.41, 5.74) is 1.53. The molecule has 1 N–H and O–H groups in total.